The lowest BCUT2D eigenvalue weighted by Crippen LogP contribution is -2.21. The quantitative estimate of drug-likeness (QED) is 0.893. The van der Waals surface area contributed by atoms with Crippen molar-refractivity contribution in [1.29, 1.82) is 0 Å². The summed E-state index contributed by atoms with van der Waals surface area (Å²) in [5.74, 6) is -0.144. The minimum atomic E-state index is -0.144. The number of hydrogen-bond acceptors (Lipinski definition) is 3. The molecule has 116 valence electrons. The van der Waals surface area contributed by atoms with Gasteiger partial charge in [-0.2, -0.15) is 0 Å². The molecule has 0 radical (unpaired) electrons. The molecule has 1 amide bonds. The molecule has 3 rings (SSSR count). The van der Waals surface area contributed by atoms with Crippen LogP contribution in [-0.2, 0) is 13.5 Å². The summed E-state index contributed by atoms with van der Waals surface area (Å²) in [5.41, 5.74) is 3.30. The van der Waals surface area contributed by atoms with Gasteiger partial charge >= 0.3 is 0 Å². The number of carbonyl (C=O) groups excluding carboxylic acids is 1. The van der Waals surface area contributed by atoms with Crippen molar-refractivity contribution in [2.24, 2.45) is 7.05 Å². The number of aryl methyl sites for hydroxylation is 1. The number of halogens is 1. The van der Waals surface area contributed by atoms with Gasteiger partial charge in [-0.1, -0.05) is 6.07 Å². The predicted octanol–water partition coefficient (Wildman–Crippen LogP) is 2.42. The molecule has 0 unspecified atom stereocenters. The highest BCUT2D eigenvalue weighted by Gasteiger charge is 2.17. The minimum Gasteiger partial charge on any atom is -0.385 e. The number of anilines is 2. The minimum absolute atomic E-state index is 0. The Morgan fingerprint density at radius 1 is 1.27 bits per heavy atom. The highest BCUT2D eigenvalue weighted by Crippen LogP contribution is 2.25. The van der Waals surface area contributed by atoms with Crippen LogP contribution in [0.1, 0.15) is 22.3 Å². The Kier molecular flexibility index (Phi) is 4.88. The van der Waals surface area contributed by atoms with Crippen LogP contribution in [0.2, 0.25) is 0 Å². The zero-order valence-corrected chi connectivity index (χ0v) is 13.1. The Bertz CT molecular complexity index is 755. The fraction of sp³-hybridized carbons (Fsp3) is 0.250. The summed E-state index contributed by atoms with van der Waals surface area (Å²) >= 11 is 0. The second-order valence-corrected chi connectivity index (χ2v) is 5.18. The molecule has 1 aliphatic rings. The molecule has 6 heteroatoms. The molecule has 5 nitrogen and oxygen atoms in total. The van der Waals surface area contributed by atoms with Gasteiger partial charge in [0.25, 0.3) is 5.91 Å². The molecule has 2 heterocycles. The van der Waals surface area contributed by atoms with Crippen molar-refractivity contribution in [3.05, 3.63) is 58.0 Å². The number of nitrogens with zero attached hydrogens (tertiary/aromatic N) is 1. The Balaban J connectivity index is 0.00000176. The van der Waals surface area contributed by atoms with Crippen LogP contribution in [-0.4, -0.2) is 17.0 Å². The first-order valence-corrected chi connectivity index (χ1v) is 6.99. The molecular weight excluding hydrogens is 302 g/mol. The number of aromatic nitrogens is 1. The zero-order chi connectivity index (χ0) is 14.8. The van der Waals surface area contributed by atoms with E-state index < -0.39 is 0 Å². The number of carbonyl (C=O) groups is 1. The molecule has 1 aromatic heterocycles. The Morgan fingerprint density at radius 3 is 2.86 bits per heavy atom. The third-order valence-electron chi connectivity index (χ3n) is 3.68. The van der Waals surface area contributed by atoms with Gasteiger partial charge in [0, 0.05) is 37.1 Å². The number of amides is 1. The Labute approximate surface area is 134 Å². The first-order valence-electron chi connectivity index (χ1n) is 6.99. The lowest BCUT2D eigenvalue weighted by molar-refractivity contribution is 0.102. The van der Waals surface area contributed by atoms with Gasteiger partial charge in [-0.15, -0.1) is 12.4 Å². The molecule has 0 fully saturated rings. The predicted molar refractivity (Wildman–Crippen MR) is 90.1 cm³/mol. The number of nitrogens with one attached hydrogen (secondary N) is 2. The second-order valence-electron chi connectivity index (χ2n) is 5.18. The molecule has 0 saturated heterocycles. The normalized spacial score (nSPS) is 12.6. The summed E-state index contributed by atoms with van der Waals surface area (Å²) in [6, 6.07) is 8.78. The number of hydrogen-bond donors (Lipinski definition) is 2. The van der Waals surface area contributed by atoms with Gasteiger partial charge in [0.2, 0.25) is 5.56 Å². The van der Waals surface area contributed by atoms with Gasteiger partial charge < -0.3 is 15.2 Å². The SMILES string of the molecule is Cl.Cn1cc(NC(=O)c2cccc3c2CCCN3)ccc1=O. The van der Waals surface area contributed by atoms with E-state index in [0.717, 1.165) is 30.6 Å². The van der Waals surface area contributed by atoms with E-state index in [1.54, 1.807) is 19.3 Å². The molecule has 0 atom stereocenters. The summed E-state index contributed by atoms with van der Waals surface area (Å²) in [6.07, 6.45) is 3.55. The van der Waals surface area contributed by atoms with Crippen molar-refractivity contribution < 1.29 is 4.79 Å². The van der Waals surface area contributed by atoms with Gasteiger partial charge in [-0.25, -0.2) is 0 Å². The highest BCUT2D eigenvalue weighted by molar-refractivity contribution is 6.06. The van der Waals surface area contributed by atoms with Crippen LogP contribution in [0.25, 0.3) is 0 Å². The second kappa shape index (κ2) is 6.66. The van der Waals surface area contributed by atoms with Gasteiger partial charge in [-0.3, -0.25) is 9.59 Å². The maximum Gasteiger partial charge on any atom is 0.256 e. The molecule has 2 aromatic rings. The highest BCUT2D eigenvalue weighted by atomic mass is 35.5. The van der Waals surface area contributed by atoms with E-state index in [9.17, 15) is 9.59 Å². The monoisotopic (exact) mass is 319 g/mol. The van der Waals surface area contributed by atoms with Gasteiger partial charge in [0.15, 0.2) is 0 Å². The largest absolute Gasteiger partial charge is 0.385 e. The van der Waals surface area contributed by atoms with Crippen LogP contribution in [0.5, 0.6) is 0 Å². The average molecular weight is 320 g/mol. The van der Waals surface area contributed by atoms with Gasteiger partial charge in [-0.05, 0) is 36.6 Å². The van der Waals surface area contributed by atoms with Crippen LogP contribution in [0.3, 0.4) is 0 Å². The molecule has 1 aromatic carbocycles. The van der Waals surface area contributed by atoms with E-state index in [-0.39, 0.29) is 23.9 Å². The molecule has 1 aliphatic heterocycles. The maximum absolute atomic E-state index is 12.5. The average Bonchev–Trinajstić information content (AvgIpc) is 2.50. The first-order chi connectivity index (χ1) is 10.1. The number of benzene rings is 1. The third kappa shape index (κ3) is 3.14. The van der Waals surface area contributed by atoms with E-state index >= 15 is 0 Å². The van der Waals surface area contributed by atoms with Crippen molar-refractivity contribution in [1.82, 2.24) is 4.57 Å². The van der Waals surface area contributed by atoms with E-state index in [4.69, 9.17) is 0 Å². The van der Waals surface area contributed by atoms with Crippen LogP contribution >= 0.6 is 12.4 Å². The number of fused-ring (bicyclic) bond motifs is 1. The summed E-state index contributed by atoms with van der Waals surface area (Å²) in [6.45, 7) is 0.943. The molecule has 22 heavy (non-hydrogen) atoms. The lowest BCUT2D eigenvalue weighted by atomic mass is 9.97. The molecular formula is C16H18ClN3O2. The topological polar surface area (TPSA) is 63.1 Å². The van der Waals surface area contributed by atoms with Crippen molar-refractivity contribution in [2.45, 2.75) is 12.8 Å². The molecule has 0 saturated carbocycles. The first kappa shape index (κ1) is 16.1. The fourth-order valence-electron chi connectivity index (χ4n) is 2.59. The third-order valence-corrected chi connectivity index (χ3v) is 3.68. The summed E-state index contributed by atoms with van der Waals surface area (Å²) in [4.78, 5) is 23.8. The molecule has 0 bridgehead atoms. The van der Waals surface area contributed by atoms with Crippen LogP contribution < -0.4 is 16.2 Å². The smallest absolute Gasteiger partial charge is 0.256 e. The van der Waals surface area contributed by atoms with E-state index in [0.29, 0.717) is 11.3 Å². The lowest BCUT2D eigenvalue weighted by Gasteiger charge is -2.20. The van der Waals surface area contributed by atoms with Crippen molar-refractivity contribution >= 4 is 29.7 Å². The fourth-order valence-corrected chi connectivity index (χ4v) is 2.59. The number of pyridine rings is 1. The molecule has 2 N–H and O–H groups in total. The van der Waals surface area contributed by atoms with Crippen molar-refractivity contribution in [3.63, 3.8) is 0 Å². The molecule has 0 aliphatic carbocycles. The van der Waals surface area contributed by atoms with Crippen molar-refractivity contribution in [2.75, 3.05) is 17.2 Å². The van der Waals surface area contributed by atoms with E-state index in [1.807, 2.05) is 18.2 Å². The van der Waals surface area contributed by atoms with Crippen molar-refractivity contribution in [3.8, 4) is 0 Å². The molecule has 0 spiro atoms. The Morgan fingerprint density at radius 2 is 2.09 bits per heavy atom. The van der Waals surface area contributed by atoms with E-state index in [2.05, 4.69) is 10.6 Å². The van der Waals surface area contributed by atoms with Gasteiger partial charge in [0.1, 0.15) is 0 Å². The van der Waals surface area contributed by atoms with Crippen LogP contribution in [0.4, 0.5) is 11.4 Å². The summed E-state index contributed by atoms with van der Waals surface area (Å²) < 4.78 is 1.44. The maximum atomic E-state index is 12.5. The standard InChI is InChI=1S/C16H17N3O2.ClH/c1-19-10-11(7-8-15(19)20)18-16(21)13-4-2-6-14-12(13)5-3-9-17-14;/h2,4,6-8,10,17H,3,5,9H2,1H3,(H,18,21);1H. The zero-order valence-electron chi connectivity index (χ0n) is 12.3. The summed E-state index contributed by atoms with van der Waals surface area (Å²) in [5, 5.41) is 6.16. The van der Waals surface area contributed by atoms with E-state index in [1.165, 1.54) is 10.6 Å². The van der Waals surface area contributed by atoms with Crippen LogP contribution in [0, 0.1) is 0 Å². The Hall–Kier alpha value is -2.27. The summed E-state index contributed by atoms with van der Waals surface area (Å²) in [7, 11) is 1.66. The van der Waals surface area contributed by atoms with Crippen LogP contribution in [0.15, 0.2) is 41.3 Å². The van der Waals surface area contributed by atoms with Gasteiger partial charge in [0.05, 0.1) is 5.69 Å². The number of rotatable bonds is 2.